The van der Waals surface area contributed by atoms with Gasteiger partial charge in [0.1, 0.15) is 0 Å². The van der Waals surface area contributed by atoms with Gasteiger partial charge in [-0.2, -0.15) is 0 Å². The maximum Gasteiger partial charge on any atom is 0.0558 e. The largest absolute Gasteiger partial charge is 0.395 e. The van der Waals surface area contributed by atoms with Crippen LogP contribution in [0.25, 0.3) is 0 Å². The summed E-state index contributed by atoms with van der Waals surface area (Å²) in [5.74, 6) is 0. The van der Waals surface area contributed by atoms with E-state index in [0.717, 1.165) is 12.6 Å². The molecule has 0 atom stereocenters. The number of rotatable bonds is 9. The van der Waals surface area contributed by atoms with Crippen LogP contribution in [0, 0.1) is 0 Å². The quantitative estimate of drug-likeness (QED) is 0.570. The van der Waals surface area contributed by atoms with Crippen molar-refractivity contribution in [1.82, 2.24) is 14.7 Å². The van der Waals surface area contributed by atoms with Crippen LogP contribution in [-0.2, 0) is 0 Å². The number of hydrogen-bond acceptors (Lipinski definition) is 6. The first kappa shape index (κ1) is 27.0. The highest BCUT2D eigenvalue weighted by molar-refractivity contribution is 4.73. The molecule has 6 nitrogen and oxygen atoms in total. The molecular formula is C19H45N3O3. The Morgan fingerprint density at radius 2 is 1.16 bits per heavy atom. The molecule has 1 aliphatic carbocycles. The summed E-state index contributed by atoms with van der Waals surface area (Å²) in [7, 11) is 5.71. The third-order valence-corrected chi connectivity index (χ3v) is 4.41. The van der Waals surface area contributed by atoms with Gasteiger partial charge in [0.25, 0.3) is 0 Å². The van der Waals surface area contributed by atoms with Crippen LogP contribution >= 0.6 is 0 Å². The molecule has 0 heterocycles. The third-order valence-electron chi connectivity index (χ3n) is 4.41. The summed E-state index contributed by atoms with van der Waals surface area (Å²) in [4.78, 5) is 6.40. The second kappa shape index (κ2) is 20.1. The lowest BCUT2D eigenvalue weighted by atomic mass is 9.94. The van der Waals surface area contributed by atoms with Crippen molar-refractivity contribution in [3.8, 4) is 0 Å². The van der Waals surface area contributed by atoms with Crippen LogP contribution in [0.15, 0.2) is 0 Å². The Kier molecular flexibility index (Phi) is 21.7. The topological polar surface area (TPSA) is 70.4 Å². The zero-order valence-electron chi connectivity index (χ0n) is 17.5. The van der Waals surface area contributed by atoms with Crippen molar-refractivity contribution in [3.05, 3.63) is 0 Å². The minimum absolute atomic E-state index is 0.163. The van der Waals surface area contributed by atoms with Gasteiger partial charge in [-0.05, 0) is 47.1 Å². The van der Waals surface area contributed by atoms with Gasteiger partial charge in [0.2, 0.25) is 0 Å². The lowest BCUT2D eigenvalue weighted by Gasteiger charge is -2.32. The van der Waals surface area contributed by atoms with E-state index >= 15 is 0 Å². The monoisotopic (exact) mass is 363 g/mol. The van der Waals surface area contributed by atoms with E-state index < -0.39 is 0 Å². The summed E-state index contributed by atoms with van der Waals surface area (Å²) in [6.45, 7) is 9.65. The van der Waals surface area contributed by atoms with E-state index in [1.807, 2.05) is 30.9 Å². The summed E-state index contributed by atoms with van der Waals surface area (Å²) in [5.41, 5.74) is 0. The fraction of sp³-hybridized carbons (Fsp3) is 1.00. The van der Waals surface area contributed by atoms with Crippen LogP contribution < -0.4 is 0 Å². The third kappa shape index (κ3) is 18.4. The summed E-state index contributed by atoms with van der Waals surface area (Å²) in [5, 5.41) is 24.9. The minimum atomic E-state index is 0.163. The molecule has 0 spiro atoms. The first-order chi connectivity index (χ1) is 12.0. The predicted octanol–water partition coefficient (Wildman–Crippen LogP) is 1.10. The summed E-state index contributed by atoms with van der Waals surface area (Å²) < 4.78 is 0. The molecule has 0 amide bonds. The molecule has 0 aromatic rings. The number of likely N-dealkylation sites (N-methyl/N-ethyl adjacent to an activating group) is 2. The predicted molar refractivity (Wildman–Crippen MR) is 107 cm³/mol. The molecule has 3 N–H and O–H groups in total. The van der Waals surface area contributed by atoms with Crippen LogP contribution in [0.4, 0.5) is 0 Å². The summed E-state index contributed by atoms with van der Waals surface area (Å²) >= 11 is 0. The lowest BCUT2D eigenvalue weighted by Crippen LogP contribution is -2.36. The van der Waals surface area contributed by atoms with Crippen LogP contribution in [0.2, 0.25) is 0 Å². The second-order valence-electron chi connectivity index (χ2n) is 6.79. The van der Waals surface area contributed by atoms with Gasteiger partial charge in [-0.25, -0.2) is 0 Å². The second-order valence-corrected chi connectivity index (χ2v) is 6.79. The average Bonchev–Trinajstić information content (AvgIpc) is 2.58. The molecule has 0 aromatic heterocycles. The molecule has 154 valence electrons. The normalized spacial score (nSPS) is 15.0. The zero-order chi connectivity index (χ0) is 19.5. The first-order valence-corrected chi connectivity index (χ1v) is 9.86. The van der Waals surface area contributed by atoms with Gasteiger partial charge in [0, 0.05) is 25.7 Å². The number of aliphatic hydroxyl groups excluding tert-OH is 3. The van der Waals surface area contributed by atoms with E-state index in [-0.39, 0.29) is 19.8 Å². The van der Waals surface area contributed by atoms with Crippen molar-refractivity contribution >= 4 is 0 Å². The number of hydrogen-bond donors (Lipinski definition) is 3. The molecule has 0 unspecified atom stereocenters. The Morgan fingerprint density at radius 1 is 0.720 bits per heavy atom. The molecule has 1 fully saturated rings. The van der Waals surface area contributed by atoms with Crippen molar-refractivity contribution in [3.63, 3.8) is 0 Å². The molecule has 0 bridgehead atoms. The highest BCUT2D eigenvalue weighted by Crippen LogP contribution is 2.21. The molecule has 0 saturated heterocycles. The van der Waals surface area contributed by atoms with Crippen molar-refractivity contribution < 1.29 is 15.3 Å². The Morgan fingerprint density at radius 3 is 1.44 bits per heavy atom. The molecule has 1 rings (SSSR count). The average molecular weight is 364 g/mol. The van der Waals surface area contributed by atoms with E-state index in [2.05, 4.69) is 18.7 Å². The highest BCUT2D eigenvalue weighted by atomic mass is 16.3. The van der Waals surface area contributed by atoms with Crippen LogP contribution in [0.5, 0.6) is 0 Å². The number of aliphatic hydroxyl groups is 3. The molecule has 25 heavy (non-hydrogen) atoms. The van der Waals surface area contributed by atoms with Gasteiger partial charge >= 0.3 is 0 Å². The molecule has 6 heteroatoms. The van der Waals surface area contributed by atoms with Crippen LogP contribution in [-0.4, -0.2) is 110 Å². The van der Waals surface area contributed by atoms with E-state index in [0.29, 0.717) is 13.1 Å². The Hall–Kier alpha value is -0.240. The van der Waals surface area contributed by atoms with Gasteiger partial charge in [-0.1, -0.05) is 33.1 Å². The molecule has 1 saturated carbocycles. The van der Waals surface area contributed by atoms with Crippen molar-refractivity contribution in [2.75, 3.05) is 73.7 Å². The lowest BCUT2D eigenvalue weighted by molar-refractivity contribution is 0.172. The van der Waals surface area contributed by atoms with Crippen LogP contribution in [0.1, 0.15) is 46.0 Å². The molecule has 1 aliphatic rings. The van der Waals surface area contributed by atoms with Crippen molar-refractivity contribution in [2.24, 2.45) is 0 Å². The van der Waals surface area contributed by atoms with Crippen molar-refractivity contribution in [2.45, 2.75) is 52.0 Å². The summed E-state index contributed by atoms with van der Waals surface area (Å²) in [6, 6.07) is 0.916. The Balaban J connectivity index is 0. The zero-order valence-corrected chi connectivity index (χ0v) is 17.5. The molecule has 0 aromatic carbocycles. The molecular weight excluding hydrogens is 318 g/mol. The fourth-order valence-electron chi connectivity index (χ4n) is 2.84. The molecule has 0 radical (unpaired) electrons. The summed E-state index contributed by atoms with van der Waals surface area (Å²) in [6.07, 6.45) is 7.28. The van der Waals surface area contributed by atoms with E-state index in [1.165, 1.54) is 45.2 Å². The Labute approximate surface area is 156 Å². The maximum atomic E-state index is 8.34. The van der Waals surface area contributed by atoms with E-state index in [9.17, 15) is 0 Å². The van der Waals surface area contributed by atoms with Crippen LogP contribution in [0.3, 0.4) is 0 Å². The van der Waals surface area contributed by atoms with Gasteiger partial charge in [-0.15, -0.1) is 0 Å². The number of nitrogens with zero attached hydrogens (tertiary/aromatic N) is 3. The smallest absolute Gasteiger partial charge is 0.0558 e. The van der Waals surface area contributed by atoms with Gasteiger partial charge in [-0.3, -0.25) is 0 Å². The van der Waals surface area contributed by atoms with Gasteiger partial charge in [0.15, 0.2) is 0 Å². The fourth-order valence-corrected chi connectivity index (χ4v) is 2.84. The minimum Gasteiger partial charge on any atom is -0.395 e. The van der Waals surface area contributed by atoms with Crippen molar-refractivity contribution in [1.29, 1.82) is 0 Å². The standard InChI is InChI=1S/C10H21N.C5H13NO2.C4H11NO/c1-3-11(4-2)10-8-6-5-7-9-10;1-6(2-4-7)3-5-8;1-5(2)3-4-6/h10H,3-9H2,1-2H3;7-8H,2-5H2,1H3;6H,3-4H2,1-2H3. The van der Waals surface area contributed by atoms with E-state index in [4.69, 9.17) is 15.3 Å². The SMILES string of the molecule is CCN(CC)C1CCCCC1.CN(C)CCO.CN(CCO)CCO. The van der Waals surface area contributed by atoms with Gasteiger partial charge < -0.3 is 30.0 Å². The van der Waals surface area contributed by atoms with Gasteiger partial charge in [0.05, 0.1) is 19.8 Å². The first-order valence-electron chi connectivity index (χ1n) is 9.86. The van der Waals surface area contributed by atoms with E-state index in [1.54, 1.807) is 0 Å². The maximum absolute atomic E-state index is 8.34. The molecule has 0 aliphatic heterocycles. The Bertz CT molecular complexity index is 240. The highest BCUT2D eigenvalue weighted by Gasteiger charge is 2.17.